The molecular weight excluding hydrogens is 406 g/mol. The van der Waals surface area contributed by atoms with Crippen molar-refractivity contribution in [2.75, 3.05) is 25.1 Å². The number of hydrogen-bond donors (Lipinski definition) is 1. The molecular formula is C22H17NO8. The van der Waals surface area contributed by atoms with Gasteiger partial charge in [-0.25, -0.2) is 9.59 Å². The van der Waals surface area contributed by atoms with E-state index in [2.05, 4.69) is 5.32 Å². The van der Waals surface area contributed by atoms with Gasteiger partial charge in [0, 0.05) is 23.1 Å². The summed E-state index contributed by atoms with van der Waals surface area (Å²) in [6.07, 6.45) is 0. The molecule has 1 N–H and O–H groups in total. The van der Waals surface area contributed by atoms with E-state index in [1.54, 1.807) is 25.1 Å². The summed E-state index contributed by atoms with van der Waals surface area (Å²) in [6.45, 7) is 0.795. The minimum atomic E-state index is -0.742. The summed E-state index contributed by atoms with van der Waals surface area (Å²) >= 11 is 0. The topological polar surface area (TPSA) is 121 Å². The highest BCUT2D eigenvalue weighted by Crippen LogP contribution is 2.28. The second-order valence-corrected chi connectivity index (χ2v) is 6.83. The standard InChI is InChI=1S/C22H17NO8/c1-12-6-21(26)31-19-8-14(3-4-15(12)19)28-11-22(27)30-9-17(24)13-2-5-18-16(7-13)23-20(25)10-29-18/h2-8H,9-11H2,1H3,(H,23,25). The molecule has 0 unspecified atom stereocenters. The summed E-state index contributed by atoms with van der Waals surface area (Å²) in [6, 6.07) is 10.8. The van der Waals surface area contributed by atoms with Crippen molar-refractivity contribution in [1.82, 2.24) is 0 Å². The number of Topliss-reactive ketones (excluding diaryl/α,β-unsaturated/α-hetero) is 1. The van der Waals surface area contributed by atoms with E-state index in [0.29, 0.717) is 22.8 Å². The van der Waals surface area contributed by atoms with Gasteiger partial charge in [-0.3, -0.25) is 9.59 Å². The number of ketones is 1. The van der Waals surface area contributed by atoms with E-state index < -0.39 is 30.6 Å². The first-order valence-corrected chi connectivity index (χ1v) is 9.32. The van der Waals surface area contributed by atoms with E-state index in [1.165, 1.54) is 24.3 Å². The Balaban J connectivity index is 1.33. The molecule has 1 aliphatic rings. The zero-order valence-electron chi connectivity index (χ0n) is 16.4. The fourth-order valence-electron chi connectivity index (χ4n) is 3.06. The molecule has 2 aromatic carbocycles. The summed E-state index contributed by atoms with van der Waals surface area (Å²) in [7, 11) is 0. The number of benzene rings is 2. The van der Waals surface area contributed by atoms with Crippen LogP contribution in [0.5, 0.6) is 11.5 Å². The van der Waals surface area contributed by atoms with Crippen LogP contribution in [-0.4, -0.2) is 37.5 Å². The van der Waals surface area contributed by atoms with Crippen LogP contribution >= 0.6 is 0 Å². The Morgan fingerprint density at radius 2 is 1.90 bits per heavy atom. The molecule has 9 nitrogen and oxygen atoms in total. The predicted octanol–water partition coefficient (Wildman–Crippen LogP) is 2.24. The lowest BCUT2D eigenvalue weighted by Gasteiger charge is -2.18. The van der Waals surface area contributed by atoms with Crippen LogP contribution in [0.25, 0.3) is 11.0 Å². The molecule has 9 heteroatoms. The highest BCUT2D eigenvalue weighted by atomic mass is 16.6. The van der Waals surface area contributed by atoms with E-state index in [1.807, 2.05) is 0 Å². The van der Waals surface area contributed by atoms with Crippen molar-refractivity contribution in [3.8, 4) is 11.5 Å². The van der Waals surface area contributed by atoms with Crippen molar-refractivity contribution >= 4 is 34.3 Å². The van der Waals surface area contributed by atoms with Crippen molar-refractivity contribution in [3.05, 3.63) is 64.0 Å². The van der Waals surface area contributed by atoms with Crippen LogP contribution in [0.1, 0.15) is 15.9 Å². The van der Waals surface area contributed by atoms with Gasteiger partial charge < -0.3 is 23.9 Å². The van der Waals surface area contributed by atoms with E-state index in [0.717, 1.165) is 10.9 Å². The van der Waals surface area contributed by atoms with E-state index in [-0.39, 0.29) is 18.1 Å². The second kappa shape index (κ2) is 8.31. The van der Waals surface area contributed by atoms with Gasteiger partial charge in [-0.2, -0.15) is 0 Å². The lowest BCUT2D eigenvalue weighted by atomic mass is 10.1. The quantitative estimate of drug-likeness (QED) is 0.364. The van der Waals surface area contributed by atoms with Gasteiger partial charge in [0.15, 0.2) is 25.6 Å². The number of hydrogen-bond acceptors (Lipinski definition) is 8. The molecule has 1 amide bonds. The average Bonchev–Trinajstić information content (AvgIpc) is 2.75. The fraction of sp³-hybridized carbons (Fsp3) is 0.182. The van der Waals surface area contributed by atoms with Crippen LogP contribution in [-0.2, 0) is 14.3 Å². The number of nitrogens with one attached hydrogen (secondary N) is 1. The maximum absolute atomic E-state index is 12.3. The first-order valence-electron chi connectivity index (χ1n) is 9.32. The fourth-order valence-corrected chi connectivity index (χ4v) is 3.06. The van der Waals surface area contributed by atoms with Crippen molar-refractivity contribution in [2.24, 2.45) is 0 Å². The molecule has 31 heavy (non-hydrogen) atoms. The lowest BCUT2D eigenvalue weighted by Crippen LogP contribution is -2.25. The smallest absolute Gasteiger partial charge is 0.344 e. The van der Waals surface area contributed by atoms with E-state index in [9.17, 15) is 19.2 Å². The third-order valence-electron chi connectivity index (χ3n) is 4.58. The van der Waals surface area contributed by atoms with Gasteiger partial charge in [0.2, 0.25) is 0 Å². The molecule has 0 fully saturated rings. The normalized spacial score (nSPS) is 12.5. The number of aryl methyl sites for hydroxylation is 1. The number of carbonyl (C=O) groups is 3. The van der Waals surface area contributed by atoms with Crippen LogP contribution in [0, 0.1) is 6.92 Å². The van der Waals surface area contributed by atoms with Crippen LogP contribution < -0.4 is 20.4 Å². The molecule has 0 atom stereocenters. The maximum atomic E-state index is 12.3. The molecule has 3 aromatic rings. The predicted molar refractivity (Wildman–Crippen MR) is 109 cm³/mol. The molecule has 0 saturated heterocycles. The number of anilines is 1. The summed E-state index contributed by atoms with van der Waals surface area (Å²) in [5.74, 6) is -0.727. The van der Waals surface area contributed by atoms with Crippen molar-refractivity contribution in [1.29, 1.82) is 0 Å². The number of fused-ring (bicyclic) bond motifs is 2. The van der Waals surface area contributed by atoms with Crippen molar-refractivity contribution in [3.63, 3.8) is 0 Å². The molecule has 0 spiro atoms. The molecule has 0 radical (unpaired) electrons. The first kappa shape index (κ1) is 20.1. The van der Waals surface area contributed by atoms with Gasteiger partial charge in [-0.1, -0.05) is 0 Å². The second-order valence-electron chi connectivity index (χ2n) is 6.83. The molecule has 4 rings (SSSR count). The van der Waals surface area contributed by atoms with Gasteiger partial charge >= 0.3 is 11.6 Å². The highest BCUT2D eigenvalue weighted by Gasteiger charge is 2.18. The number of amides is 1. The molecule has 0 bridgehead atoms. The van der Waals surface area contributed by atoms with Crippen LogP contribution in [0.3, 0.4) is 0 Å². The average molecular weight is 423 g/mol. The Hall–Kier alpha value is -4.14. The Bertz CT molecular complexity index is 1260. The number of rotatable bonds is 6. The Morgan fingerprint density at radius 1 is 1.06 bits per heavy atom. The first-order chi connectivity index (χ1) is 14.9. The molecule has 158 valence electrons. The SMILES string of the molecule is Cc1cc(=O)oc2cc(OCC(=O)OCC(=O)c3ccc4c(c3)NC(=O)CO4)ccc12. The van der Waals surface area contributed by atoms with Crippen LogP contribution in [0.2, 0.25) is 0 Å². The van der Waals surface area contributed by atoms with Crippen LogP contribution in [0.4, 0.5) is 5.69 Å². The summed E-state index contributed by atoms with van der Waals surface area (Å²) in [5.41, 5.74) is 1.28. The monoisotopic (exact) mass is 423 g/mol. The Kier molecular flexibility index (Phi) is 5.40. The van der Waals surface area contributed by atoms with Gasteiger partial charge in [0.05, 0.1) is 5.69 Å². The number of ether oxygens (including phenoxy) is 3. The zero-order valence-corrected chi connectivity index (χ0v) is 16.4. The molecule has 1 aromatic heterocycles. The summed E-state index contributed by atoms with van der Waals surface area (Å²) in [4.78, 5) is 47.1. The van der Waals surface area contributed by atoms with E-state index >= 15 is 0 Å². The van der Waals surface area contributed by atoms with Crippen LogP contribution in [0.15, 0.2) is 51.7 Å². The van der Waals surface area contributed by atoms with Gasteiger partial charge in [0.1, 0.15) is 17.1 Å². The minimum absolute atomic E-state index is 0.0825. The maximum Gasteiger partial charge on any atom is 0.344 e. The Labute approximate surface area is 175 Å². The van der Waals surface area contributed by atoms with E-state index in [4.69, 9.17) is 18.6 Å². The molecule has 2 heterocycles. The third-order valence-corrected chi connectivity index (χ3v) is 4.58. The number of carbonyl (C=O) groups excluding carboxylic acids is 3. The minimum Gasteiger partial charge on any atom is -0.482 e. The van der Waals surface area contributed by atoms with Gasteiger partial charge in [0.25, 0.3) is 5.91 Å². The van der Waals surface area contributed by atoms with Gasteiger partial charge in [-0.05, 0) is 42.8 Å². The summed E-state index contributed by atoms with van der Waals surface area (Å²) in [5, 5.41) is 3.36. The third kappa shape index (κ3) is 4.55. The molecule has 0 saturated carbocycles. The lowest BCUT2D eigenvalue weighted by molar-refractivity contribution is -0.144. The Morgan fingerprint density at radius 3 is 2.74 bits per heavy atom. The number of esters is 1. The van der Waals surface area contributed by atoms with Crippen molar-refractivity contribution in [2.45, 2.75) is 6.92 Å². The summed E-state index contributed by atoms with van der Waals surface area (Å²) < 4.78 is 20.7. The van der Waals surface area contributed by atoms with Gasteiger partial charge in [-0.15, -0.1) is 0 Å². The van der Waals surface area contributed by atoms with Crippen molar-refractivity contribution < 1.29 is 33.0 Å². The highest BCUT2D eigenvalue weighted by molar-refractivity contribution is 6.01. The zero-order chi connectivity index (χ0) is 22.0. The molecule has 1 aliphatic heterocycles. The molecule has 0 aliphatic carbocycles. The largest absolute Gasteiger partial charge is 0.482 e.